The number of hydrogen-bond donors (Lipinski definition) is 1. The van der Waals surface area contributed by atoms with E-state index in [1.807, 2.05) is 6.07 Å². The van der Waals surface area contributed by atoms with E-state index in [9.17, 15) is 4.39 Å². The monoisotopic (exact) mass is 265 g/mol. The van der Waals surface area contributed by atoms with E-state index >= 15 is 0 Å². The second kappa shape index (κ2) is 6.46. The van der Waals surface area contributed by atoms with Gasteiger partial charge in [-0.05, 0) is 51.2 Å². The Morgan fingerprint density at radius 2 is 2.32 bits per heavy atom. The Hall–Kier alpha value is -0.970. The van der Waals surface area contributed by atoms with Crippen molar-refractivity contribution < 1.29 is 4.39 Å². The molecule has 2 unspecified atom stereocenters. The number of piperidine rings is 1. The molecule has 1 aromatic carbocycles. The zero-order valence-corrected chi connectivity index (χ0v) is 11.8. The van der Waals surface area contributed by atoms with Crippen molar-refractivity contribution in [3.63, 3.8) is 0 Å². The molecule has 2 rings (SSSR count). The first kappa shape index (κ1) is 14.4. The van der Waals surface area contributed by atoms with Crippen LogP contribution in [0.15, 0.2) is 24.3 Å². The summed E-state index contributed by atoms with van der Waals surface area (Å²) in [6.07, 6.45) is 2.46. The van der Waals surface area contributed by atoms with E-state index in [4.69, 9.17) is 5.73 Å². The topological polar surface area (TPSA) is 32.5 Å². The van der Waals surface area contributed by atoms with E-state index in [0.717, 1.165) is 18.7 Å². The van der Waals surface area contributed by atoms with Crippen LogP contribution in [0.2, 0.25) is 0 Å². The largest absolute Gasteiger partial charge is 0.323 e. The van der Waals surface area contributed by atoms with Crippen LogP contribution in [0.4, 0.5) is 4.39 Å². The minimum absolute atomic E-state index is 0.132. The lowest BCUT2D eigenvalue weighted by Gasteiger charge is -2.37. The number of nitrogens with zero attached hydrogens (tertiary/aromatic N) is 2. The molecule has 0 saturated carbocycles. The zero-order chi connectivity index (χ0) is 13.8. The van der Waals surface area contributed by atoms with Gasteiger partial charge in [0.05, 0.1) is 0 Å². The first-order chi connectivity index (χ1) is 9.06. The molecule has 4 heteroatoms. The van der Waals surface area contributed by atoms with E-state index in [2.05, 4.69) is 23.9 Å². The summed E-state index contributed by atoms with van der Waals surface area (Å²) in [5.41, 5.74) is 7.06. The molecule has 1 aromatic rings. The van der Waals surface area contributed by atoms with Crippen molar-refractivity contribution in [1.82, 2.24) is 9.80 Å². The van der Waals surface area contributed by atoms with Gasteiger partial charge in [0, 0.05) is 25.2 Å². The lowest BCUT2D eigenvalue weighted by Crippen LogP contribution is -2.46. The number of nitrogens with two attached hydrogens (primary N) is 1. The lowest BCUT2D eigenvalue weighted by atomic mass is 10.0. The third kappa shape index (κ3) is 4.00. The summed E-state index contributed by atoms with van der Waals surface area (Å²) in [4.78, 5) is 4.67. The summed E-state index contributed by atoms with van der Waals surface area (Å²) in [5, 5.41) is 0. The van der Waals surface area contributed by atoms with Crippen LogP contribution in [-0.4, -0.2) is 49.6 Å². The Labute approximate surface area is 115 Å². The van der Waals surface area contributed by atoms with Crippen molar-refractivity contribution in [1.29, 1.82) is 0 Å². The molecule has 1 heterocycles. The molecule has 19 heavy (non-hydrogen) atoms. The van der Waals surface area contributed by atoms with Crippen LogP contribution in [0, 0.1) is 5.82 Å². The molecule has 0 bridgehead atoms. The third-order valence-corrected chi connectivity index (χ3v) is 3.98. The van der Waals surface area contributed by atoms with Gasteiger partial charge in [-0.15, -0.1) is 0 Å². The highest BCUT2D eigenvalue weighted by atomic mass is 19.1. The molecular formula is C15H24FN3. The Kier molecular flexibility index (Phi) is 4.91. The van der Waals surface area contributed by atoms with E-state index in [0.29, 0.717) is 6.04 Å². The predicted molar refractivity (Wildman–Crippen MR) is 76.5 cm³/mol. The van der Waals surface area contributed by atoms with Crippen molar-refractivity contribution >= 4 is 0 Å². The van der Waals surface area contributed by atoms with Crippen LogP contribution in [0.25, 0.3) is 0 Å². The molecule has 1 aliphatic heterocycles. The summed E-state index contributed by atoms with van der Waals surface area (Å²) in [5.74, 6) is -0.215. The third-order valence-electron chi connectivity index (χ3n) is 3.98. The highest BCUT2D eigenvalue weighted by Gasteiger charge is 2.22. The van der Waals surface area contributed by atoms with E-state index in [1.165, 1.54) is 31.5 Å². The maximum absolute atomic E-state index is 13.2. The fourth-order valence-electron chi connectivity index (χ4n) is 2.80. The number of likely N-dealkylation sites (N-methyl/N-ethyl adjacent to an activating group) is 2. The highest BCUT2D eigenvalue weighted by Crippen LogP contribution is 2.17. The summed E-state index contributed by atoms with van der Waals surface area (Å²) < 4.78 is 13.2. The minimum atomic E-state index is -0.215. The molecular weight excluding hydrogens is 241 g/mol. The van der Waals surface area contributed by atoms with Crippen LogP contribution in [0.5, 0.6) is 0 Å². The number of likely N-dealkylation sites (tertiary alicyclic amines) is 1. The molecule has 1 saturated heterocycles. The SMILES string of the molecule is CN1CCCC(N(C)CC(N)c2cccc(F)c2)C1. The smallest absolute Gasteiger partial charge is 0.123 e. The van der Waals surface area contributed by atoms with Crippen LogP contribution < -0.4 is 5.73 Å². The molecule has 0 radical (unpaired) electrons. The lowest BCUT2D eigenvalue weighted by molar-refractivity contribution is 0.129. The van der Waals surface area contributed by atoms with Gasteiger partial charge in [0.1, 0.15) is 5.82 Å². The Balaban J connectivity index is 1.92. The first-order valence-electron chi connectivity index (χ1n) is 6.96. The van der Waals surface area contributed by atoms with Crippen LogP contribution in [0.3, 0.4) is 0 Å². The maximum Gasteiger partial charge on any atom is 0.123 e. The standard InChI is InChI=1S/C15H24FN3/c1-18-8-4-7-14(10-18)19(2)11-15(17)12-5-3-6-13(16)9-12/h3,5-6,9,14-15H,4,7-8,10-11,17H2,1-2H3. The molecule has 0 spiro atoms. The van der Waals surface area contributed by atoms with Gasteiger partial charge >= 0.3 is 0 Å². The average molecular weight is 265 g/mol. The molecule has 1 aliphatic rings. The fraction of sp³-hybridized carbons (Fsp3) is 0.600. The number of hydrogen-bond acceptors (Lipinski definition) is 3. The van der Waals surface area contributed by atoms with E-state index < -0.39 is 0 Å². The summed E-state index contributed by atoms with van der Waals surface area (Å²) in [6, 6.07) is 7.03. The average Bonchev–Trinajstić information content (AvgIpc) is 2.38. The minimum Gasteiger partial charge on any atom is -0.323 e. The summed E-state index contributed by atoms with van der Waals surface area (Å²) in [7, 11) is 4.27. The molecule has 3 nitrogen and oxygen atoms in total. The van der Waals surface area contributed by atoms with Crippen molar-refractivity contribution in [2.24, 2.45) is 5.73 Å². The summed E-state index contributed by atoms with van der Waals surface area (Å²) in [6.45, 7) is 3.04. The number of benzene rings is 1. The molecule has 1 fully saturated rings. The zero-order valence-electron chi connectivity index (χ0n) is 11.8. The molecule has 2 atom stereocenters. The number of rotatable bonds is 4. The van der Waals surface area contributed by atoms with Gasteiger partial charge in [0.2, 0.25) is 0 Å². The second-order valence-corrected chi connectivity index (χ2v) is 5.66. The maximum atomic E-state index is 13.2. The van der Waals surface area contributed by atoms with Crippen LogP contribution >= 0.6 is 0 Å². The van der Waals surface area contributed by atoms with Gasteiger partial charge < -0.3 is 15.5 Å². The normalized spacial score (nSPS) is 22.7. The van der Waals surface area contributed by atoms with E-state index in [-0.39, 0.29) is 11.9 Å². The van der Waals surface area contributed by atoms with Gasteiger partial charge in [0.15, 0.2) is 0 Å². The van der Waals surface area contributed by atoms with Gasteiger partial charge in [-0.3, -0.25) is 0 Å². The predicted octanol–water partition coefficient (Wildman–Crippen LogP) is 1.85. The van der Waals surface area contributed by atoms with Gasteiger partial charge in [-0.25, -0.2) is 4.39 Å². The Morgan fingerprint density at radius 1 is 1.53 bits per heavy atom. The first-order valence-corrected chi connectivity index (χ1v) is 6.96. The highest BCUT2D eigenvalue weighted by molar-refractivity contribution is 5.20. The fourth-order valence-corrected chi connectivity index (χ4v) is 2.80. The quantitative estimate of drug-likeness (QED) is 0.902. The number of halogens is 1. The van der Waals surface area contributed by atoms with Gasteiger partial charge in [-0.2, -0.15) is 0 Å². The van der Waals surface area contributed by atoms with Crippen molar-refractivity contribution in [3.8, 4) is 0 Å². The molecule has 0 aromatic heterocycles. The molecule has 106 valence electrons. The van der Waals surface area contributed by atoms with Gasteiger partial charge in [-0.1, -0.05) is 12.1 Å². The van der Waals surface area contributed by atoms with Crippen LogP contribution in [0.1, 0.15) is 24.4 Å². The second-order valence-electron chi connectivity index (χ2n) is 5.66. The van der Waals surface area contributed by atoms with E-state index in [1.54, 1.807) is 6.07 Å². The molecule has 0 amide bonds. The summed E-state index contributed by atoms with van der Waals surface area (Å²) >= 11 is 0. The molecule has 2 N–H and O–H groups in total. The Morgan fingerprint density at radius 3 is 3.00 bits per heavy atom. The Bertz CT molecular complexity index is 410. The van der Waals surface area contributed by atoms with Crippen molar-refractivity contribution in [3.05, 3.63) is 35.6 Å². The van der Waals surface area contributed by atoms with Crippen LogP contribution in [-0.2, 0) is 0 Å². The van der Waals surface area contributed by atoms with Crippen molar-refractivity contribution in [2.75, 3.05) is 33.7 Å². The van der Waals surface area contributed by atoms with Crippen molar-refractivity contribution in [2.45, 2.75) is 24.9 Å². The molecule has 0 aliphatic carbocycles. The van der Waals surface area contributed by atoms with Gasteiger partial charge in [0.25, 0.3) is 0 Å².